The Balaban J connectivity index is 1.73. The molecule has 0 bridgehead atoms. The number of aryl methyl sites for hydroxylation is 1. The lowest BCUT2D eigenvalue weighted by atomic mass is 10.0. The second-order valence-corrected chi connectivity index (χ2v) is 5.65. The maximum atomic E-state index is 11.9. The molecule has 0 unspecified atom stereocenters. The van der Waals surface area contributed by atoms with E-state index in [0.717, 1.165) is 18.4 Å². The van der Waals surface area contributed by atoms with Crippen LogP contribution < -0.4 is 10.4 Å². The summed E-state index contributed by atoms with van der Waals surface area (Å²) in [6, 6.07) is 7.69. The number of ether oxygens (including phenoxy) is 1. The van der Waals surface area contributed by atoms with Crippen LogP contribution in [0, 0.1) is 0 Å². The summed E-state index contributed by atoms with van der Waals surface area (Å²) in [5, 5.41) is 14.0. The first kappa shape index (κ1) is 13.7. The first-order valence-corrected chi connectivity index (χ1v) is 7.47. The molecule has 1 N–H and O–H groups in total. The molecule has 118 valence electrons. The summed E-state index contributed by atoms with van der Waals surface area (Å²) in [6.07, 6.45) is 4.15. The van der Waals surface area contributed by atoms with Gasteiger partial charge in [-0.2, -0.15) is 4.68 Å². The minimum absolute atomic E-state index is 0.332. The molecule has 0 radical (unpaired) electrons. The number of aromatic nitrogens is 6. The molecule has 1 fully saturated rings. The van der Waals surface area contributed by atoms with Gasteiger partial charge in [0, 0.05) is 24.9 Å². The van der Waals surface area contributed by atoms with Gasteiger partial charge < -0.3 is 4.74 Å². The molecule has 0 amide bonds. The molecule has 2 heterocycles. The lowest BCUT2D eigenvalue weighted by Gasteiger charge is -2.13. The van der Waals surface area contributed by atoms with Crippen LogP contribution in [0.5, 0.6) is 5.88 Å². The first-order valence-electron chi connectivity index (χ1n) is 7.47. The number of tetrazole rings is 1. The first-order chi connectivity index (χ1) is 11.2. The number of benzene rings is 1. The number of nitrogens with zero attached hydrogens (tertiary/aromatic N) is 5. The van der Waals surface area contributed by atoms with E-state index in [2.05, 4.69) is 26.7 Å². The highest BCUT2D eigenvalue weighted by molar-refractivity contribution is 5.47. The van der Waals surface area contributed by atoms with Gasteiger partial charge in [-0.1, -0.05) is 12.1 Å². The SMILES string of the molecule is Cn1ccc(OCc2c(C3CC3)cccc2-n2nn[nH]c2=O)n1. The molecule has 0 spiro atoms. The summed E-state index contributed by atoms with van der Waals surface area (Å²) in [4.78, 5) is 11.9. The Bertz CT molecular complexity index is 889. The van der Waals surface area contributed by atoms with E-state index >= 15 is 0 Å². The average molecular weight is 312 g/mol. The third-order valence-corrected chi connectivity index (χ3v) is 3.96. The van der Waals surface area contributed by atoms with Crippen molar-refractivity contribution in [1.82, 2.24) is 30.0 Å². The monoisotopic (exact) mass is 312 g/mol. The van der Waals surface area contributed by atoms with Gasteiger partial charge in [-0.05, 0) is 40.8 Å². The molecular weight excluding hydrogens is 296 g/mol. The van der Waals surface area contributed by atoms with Gasteiger partial charge >= 0.3 is 5.69 Å². The van der Waals surface area contributed by atoms with E-state index in [1.807, 2.05) is 31.4 Å². The van der Waals surface area contributed by atoms with E-state index in [4.69, 9.17) is 4.74 Å². The normalized spacial score (nSPS) is 14.1. The van der Waals surface area contributed by atoms with Gasteiger partial charge in [0.05, 0.1) is 5.69 Å². The van der Waals surface area contributed by atoms with E-state index < -0.39 is 0 Å². The fourth-order valence-electron chi connectivity index (χ4n) is 2.70. The Morgan fingerprint density at radius 1 is 1.35 bits per heavy atom. The molecule has 1 aromatic carbocycles. The van der Waals surface area contributed by atoms with Gasteiger partial charge in [0.2, 0.25) is 5.88 Å². The van der Waals surface area contributed by atoms with E-state index in [1.54, 1.807) is 4.68 Å². The Morgan fingerprint density at radius 3 is 2.87 bits per heavy atom. The van der Waals surface area contributed by atoms with Crippen LogP contribution in [0.25, 0.3) is 5.69 Å². The minimum atomic E-state index is -0.364. The van der Waals surface area contributed by atoms with Crippen molar-refractivity contribution in [2.45, 2.75) is 25.4 Å². The van der Waals surface area contributed by atoms with Crippen molar-refractivity contribution in [2.24, 2.45) is 7.05 Å². The minimum Gasteiger partial charge on any atom is -0.472 e. The summed E-state index contributed by atoms with van der Waals surface area (Å²) in [5.74, 6) is 1.08. The maximum Gasteiger partial charge on any atom is 0.365 e. The van der Waals surface area contributed by atoms with Crippen molar-refractivity contribution in [3.05, 3.63) is 52.1 Å². The molecular formula is C15H16N6O2. The van der Waals surface area contributed by atoms with Gasteiger partial charge in [-0.25, -0.2) is 9.89 Å². The number of aromatic amines is 1. The zero-order valence-electron chi connectivity index (χ0n) is 12.6. The summed E-state index contributed by atoms with van der Waals surface area (Å²) in [7, 11) is 1.84. The highest BCUT2D eigenvalue weighted by Gasteiger charge is 2.28. The van der Waals surface area contributed by atoms with Gasteiger partial charge in [0.15, 0.2) is 0 Å². The Hall–Kier alpha value is -2.90. The summed E-state index contributed by atoms with van der Waals surface area (Å²) >= 11 is 0. The van der Waals surface area contributed by atoms with Crippen LogP contribution in [0.2, 0.25) is 0 Å². The van der Waals surface area contributed by atoms with Gasteiger partial charge in [0.1, 0.15) is 6.61 Å². The van der Waals surface area contributed by atoms with Crippen molar-refractivity contribution in [2.75, 3.05) is 0 Å². The van der Waals surface area contributed by atoms with Crippen LogP contribution in [-0.4, -0.2) is 30.0 Å². The fourth-order valence-corrected chi connectivity index (χ4v) is 2.70. The summed E-state index contributed by atoms with van der Waals surface area (Å²) in [5.41, 5.74) is 2.49. The van der Waals surface area contributed by atoms with Gasteiger partial charge in [-0.15, -0.1) is 5.10 Å². The highest BCUT2D eigenvalue weighted by atomic mass is 16.5. The highest BCUT2D eigenvalue weighted by Crippen LogP contribution is 2.42. The van der Waals surface area contributed by atoms with E-state index in [1.165, 1.54) is 10.2 Å². The van der Waals surface area contributed by atoms with Crippen molar-refractivity contribution in [3.8, 4) is 11.6 Å². The van der Waals surface area contributed by atoms with E-state index in [9.17, 15) is 4.79 Å². The van der Waals surface area contributed by atoms with E-state index in [-0.39, 0.29) is 5.69 Å². The van der Waals surface area contributed by atoms with Crippen LogP contribution in [0.15, 0.2) is 35.3 Å². The third kappa shape index (κ3) is 2.63. The largest absolute Gasteiger partial charge is 0.472 e. The van der Waals surface area contributed by atoms with Crippen molar-refractivity contribution in [3.63, 3.8) is 0 Å². The van der Waals surface area contributed by atoms with Gasteiger partial charge in [0.25, 0.3) is 0 Å². The number of rotatable bonds is 5. The smallest absolute Gasteiger partial charge is 0.365 e. The van der Waals surface area contributed by atoms with Crippen LogP contribution in [0.4, 0.5) is 0 Å². The Kier molecular flexibility index (Phi) is 3.22. The Morgan fingerprint density at radius 2 is 2.22 bits per heavy atom. The maximum absolute atomic E-state index is 11.9. The average Bonchev–Trinajstić information content (AvgIpc) is 3.18. The topological polar surface area (TPSA) is 90.6 Å². The molecule has 0 saturated heterocycles. The van der Waals surface area contributed by atoms with Crippen LogP contribution in [0.3, 0.4) is 0 Å². The predicted molar refractivity (Wildman–Crippen MR) is 81.5 cm³/mol. The molecule has 1 aliphatic carbocycles. The molecule has 0 aliphatic heterocycles. The molecule has 23 heavy (non-hydrogen) atoms. The van der Waals surface area contributed by atoms with Crippen molar-refractivity contribution < 1.29 is 4.74 Å². The third-order valence-electron chi connectivity index (χ3n) is 3.96. The molecule has 4 rings (SSSR count). The lowest BCUT2D eigenvalue weighted by molar-refractivity contribution is 0.289. The van der Waals surface area contributed by atoms with Crippen LogP contribution >= 0.6 is 0 Å². The van der Waals surface area contributed by atoms with Gasteiger partial charge in [-0.3, -0.25) is 4.68 Å². The van der Waals surface area contributed by atoms with Crippen LogP contribution in [0.1, 0.15) is 29.9 Å². The quantitative estimate of drug-likeness (QED) is 0.763. The summed E-state index contributed by atoms with van der Waals surface area (Å²) < 4.78 is 8.76. The molecule has 8 nitrogen and oxygen atoms in total. The molecule has 2 aromatic heterocycles. The zero-order valence-corrected chi connectivity index (χ0v) is 12.6. The zero-order chi connectivity index (χ0) is 15.8. The van der Waals surface area contributed by atoms with Crippen molar-refractivity contribution in [1.29, 1.82) is 0 Å². The van der Waals surface area contributed by atoms with Crippen LogP contribution in [-0.2, 0) is 13.7 Å². The number of H-pyrrole nitrogens is 1. The lowest BCUT2D eigenvalue weighted by Crippen LogP contribution is -2.19. The second-order valence-electron chi connectivity index (χ2n) is 5.65. The molecule has 3 aromatic rings. The Labute approximate surface area is 131 Å². The number of hydrogen-bond acceptors (Lipinski definition) is 5. The second kappa shape index (κ2) is 5.38. The summed E-state index contributed by atoms with van der Waals surface area (Å²) in [6.45, 7) is 0.332. The predicted octanol–water partition coefficient (Wildman–Crippen LogP) is 1.15. The standard InChI is InChI=1S/C15H16N6O2/c1-20-8-7-14(17-20)23-9-12-11(10-5-6-10)3-2-4-13(12)21-15(22)16-18-19-21/h2-4,7-8,10H,5-6,9H2,1H3,(H,16,19,22). The van der Waals surface area contributed by atoms with Crippen molar-refractivity contribution >= 4 is 0 Å². The molecule has 8 heteroatoms. The molecule has 0 atom stereocenters. The fraction of sp³-hybridized carbons (Fsp3) is 0.333. The molecule has 1 aliphatic rings. The number of nitrogens with one attached hydrogen (secondary N) is 1. The molecule has 1 saturated carbocycles. The van der Waals surface area contributed by atoms with E-state index in [0.29, 0.717) is 24.1 Å². The number of hydrogen-bond donors (Lipinski definition) is 1.